The molecule has 0 saturated carbocycles. The molecule has 0 aliphatic carbocycles. The van der Waals surface area contributed by atoms with Gasteiger partial charge in [-0.1, -0.05) is 52.9 Å². The first-order valence-electron chi connectivity index (χ1n) is 7.56. The second-order valence-corrected chi connectivity index (χ2v) is 5.72. The van der Waals surface area contributed by atoms with Gasteiger partial charge in [-0.25, -0.2) is 0 Å². The average molecular weight is 250 g/mol. The predicted molar refractivity (Wildman–Crippen MR) is 79.6 cm³/mol. The number of aromatic nitrogens is 1. The van der Waals surface area contributed by atoms with E-state index in [2.05, 4.69) is 43.8 Å². The molecule has 1 atom stereocenters. The van der Waals surface area contributed by atoms with Crippen LogP contribution in [0.5, 0.6) is 0 Å². The van der Waals surface area contributed by atoms with E-state index in [4.69, 9.17) is 5.73 Å². The van der Waals surface area contributed by atoms with E-state index < -0.39 is 0 Å². The highest BCUT2D eigenvalue weighted by molar-refractivity contribution is 5.15. The summed E-state index contributed by atoms with van der Waals surface area (Å²) in [5.41, 5.74) is 7.42. The van der Waals surface area contributed by atoms with Crippen LogP contribution in [0.1, 0.15) is 70.9 Å². The van der Waals surface area contributed by atoms with Crippen LogP contribution in [0.15, 0.2) is 18.5 Å². The Labute approximate surface area is 113 Å². The van der Waals surface area contributed by atoms with Crippen LogP contribution in [0.4, 0.5) is 0 Å². The van der Waals surface area contributed by atoms with Gasteiger partial charge in [0.1, 0.15) is 0 Å². The normalized spacial score (nSPS) is 13.2. The minimum atomic E-state index is 0.177. The van der Waals surface area contributed by atoms with Gasteiger partial charge in [0.05, 0.1) is 0 Å². The molecule has 104 valence electrons. The Kier molecular flexibility index (Phi) is 7.11. The first-order valence-corrected chi connectivity index (χ1v) is 7.56. The molecular formula is C16H30N2. The molecule has 0 bridgehead atoms. The second kappa shape index (κ2) is 8.36. The number of rotatable bonds is 9. The molecule has 2 nitrogen and oxygen atoms in total. The number of hydrogen-bond acceptors (Lipinski definition) is 1. The molecule has 1 aromatic heterocycles. The van der Waals surface area contributed by atoms with Crippen LogP contribution in [0.2, 0.25) is 0 Å². The maximum atomic E-state index is 6.15. The fourth-order valence-electron chi connectivity index (χ4n) is 2.26. The number of hydrogen-bond donors (Lipinski definition) is 1. The first kappa shape index (κ1) is 15.3. The molecule has 0 amide bonds. The van der Waals surface area contributed by atoms with Gasteiger partial charge >= 0.3 is 0 Å². The Bertz CT molecular complexity index is 315. The van der Waals surface area contributed by atoms with E-state index in [0.717, 1.165) is 6.54 Å². The van der Waals surface area contributed by atoms with Crippen LogP contribution in [0.25, 0.3) is 0 Å². The zero-order valence-electron chi connectivity index (χ0n) is 12.4. The highest BCUT2D eigenvalue weighted by atomic mass is 14.9. The second-order valence-electron chi connectivity index (χ2n) is 5.72. The van der Waals surface area contributed by atoms with Crippen LogP contribution in [0, 0.1) is 5.92 Å². The van der Waals surface area contributed by atoms with Crippen molar-refractivity contribution in [2.45, 2.75) is 71.9 Å². The summed E-state index contributed by atoms with van der Waals surface area (Å²) in [6, 6.07) is 2.35. The Morgan fingerprint density at radius 1 is 1.11 bits per heavy atom. The fraction of sp³-hybridized carbons (Fsp3) is 0.750. The molecule has 1 aromatic rings. The lowest BCUT2D eigenvalue weighted by Gasteiger charge is -2.13. The number of nitrogens with zero attached hydrogens (tertiary/aromatic N) is 1. The molecule has 0 spiro atoms. The maximum Gasteiger partial charge on any atom is 0.0333 e. The van der Waals surface area contributed by atoms with Crippen LogP contribution < -0.4 is 5.73 Å². The maximum absolute atomic E-state index is 6.15. The first-order chi connectivity index (χ1) is 8.65. The quantitative estimate of drug-likeness (QED) is 0.643. The largest absolute Gasteiger partial charge is 0.354 e. The Hall–Kier alpha value is -0.760. The van der Waals surface area contributed by atoms with Crippen LogP contribution in [0.3, 0.4) is 0 Å². The third kappa shape index (κ3) is 5.26. The van der Waals surface area contributed by atoms with Crippen molar-refractivity contribution in [2.75, 3.05) is 0 Å². The summed E-state index contributed by atoms with van der Waals surface area (Å²) in [6.07, 6.45) is 12.5. The summed E-state index contributed by atoms with van der Waals surface area (Å²) in [7, 11) is 0. The van der Waals surface area contributed by atoms with Crippen molar-refractivity contribution in [3.05, 3.63) is 24.0 Å². The fourth-order valence-corrected chi connectivity index (χ4v) is 2.26. The molecule has 0 radical (unpaired) electrons. The van der Waals surface area contributed by atoms with Crippen molar-refractivity contribution in [2.24, 2.45) is 11.7 Å². The number of unbranched alkanes of at least 4 members (excludes halogenated alkanes) is 5. The van der Waals surface area contributed by atoms with Gasteiger partial charge in [0.15, 0.2) is 0 Å². The van der Waals surface area contributed by atoms with Crippen LogP contribution in [-0.4, -0.2) is 4.57 Å². The summed E-state index contributed by atoms with van der Waals surface area (Å²) in [4.78, 5) is 0. The smallest absolute Gasteiger partial charge is 0.0333 e. The molecule has 18 heavy (non-hydrogen) atoms. The summed E-state index contributed by atoms with van der Waals surface area (Å²) in [5, 5.41) is 0. The number of aryl methyl sites for hydroxylation is 1. The molecule has 0 saturated heterocycles. The minimum Gasteiger partial charge on any atom is -0.354 e. The predicted octanol–water partition coefficient (Wildman–Crippen LogP) is 4.50. The molecule has 0 aliphatic heterocycles. The van der Waals surface area contributed by atoms with E-state index in [1.54, 1.807) is 0 Å². The Morgan fingerprint density at radius 2 is 1.78 bits per heavy atom. The molecular weight excluding hydrogens is 220 g/mol. The van der Waals surface area contributed by atoms with Gasteiger partial charge in [0.2, 0.25) is 0 Å². The van der Waals surface area contributed by atoms with Crippen molar-refractivity contribution in [3.8, 4) is 0 Å². The van der Waals surface area contributed by atoms with E-state index in [1.165, 1.54) is 44.1 Å². The van der Waals surface area contributed by atoms with Crippen molar-refractivity contribution in [1.82, 2.24) is 4.57 Å². The zero-order chi connectivity index (χ0) is 13.4. The molecule has 0 fully saturated rings. The van der Waals surface area contributed by atoms with Gasteiger partial charge in [0, 0.05) is 25.0 Å². The topological polar surface area (TPSA) is 30.9 Å². The van der Waals surface area contributed by atoms with E-state index in [0.29, 0.717) is 5.92 Å². The molecule has 1 heterocycles. The monoisotopic (exact) mass is 250 g/mol. The summed E-state index contributed by atoms with van der Waals surface area (Å²) >= 11 is 0. The number of nitrogens with two attached hydrogens (primary N) is 1. The van der Waals surface area contributed by atoms with Gasteiger partial charge in [-0.2, -0.15) is 0 Å². The zero-order valence-corrected chi connectivity index (χ0v) is 12.4. The van der Waals surface area contributed by atoms with Gasteiger partial charge in [-0.05, 0) is 24.0 Å². The van der Waals surface area contributed by atoms with Gasteiger partial charge in [0.25, 0.3) is 0 Å². The highest BCUT2D eigenvalue weighted by Crippen LogP contribution is 2.19. The molecule has 1 unspecified atom stereocenters. The third-order valence-electron chi connectivity index (χ3n) is 3.65. The minimum absolute atomic E-state index is 0.177. The van der Waals surface area contributed by atoms with E-state index in [1.807, 2.05) is 0 Å². The lowest BCUT2D eigenvalue weighted by atomic mass is 10.00. The summed E-state index contributed by atoms with van der Waals surface area (Å²) in [6.45, 7) is 7.75. The van der Waals surface area contributed by atoms with Crippen molar-refractivity contribution in [1.29, 1.82) is 0 Å². The Morgan fingerprint density at radius 3 is 2.44 bits per heavy atom. The standard InChI is InChI=1S/C16H30N2/c1-4-5-6-7-8-9-11-18-12-10-15(13-18)16(17)14(2)3/h10,12-14,16H,4-9,11,17H2,1-3H3. The SMILES string of the molecule is CCCCCCCCn1ccc(C(N)C(C)C)c1. The van der Waals surface area contributed by atoms with Gasteiger partial charge in [-0.15, -0.1) is 0 Å². The van der Waals surface area contributed by atoms with Crippen LogP contribution in [-0.2, 0) is 6.54 Å². The lowest BCUT2D eigenvalue weighted by Crippen LogP contribution is -2.15. The molecule has 2 N–H and O–H groups in total. The van der Waals surface area contributed by atoms with E-state index in [9.17, 15) is 0 Å². The van der Waals surface area contributed by atoms with Crippen molar-refractivity contribution >= 4 is 0 Å². The van der Waals surface area contributed by atoms with Crippen LogP contribution >= 0.6 is 0 Å². The van der Waals surface area contributed by atoms with Crippen molar-refractivity contribution in [3.63, 3.8) is 0 Å². The highest BCUT2D eigenvalue weighted by Gasteiger charge is 2.11. The summed E-state index contributed by atoms with van der Waals surface area (Å²) in [5.74, 6) is 0.509. The molecule has 2 heteroatoms. The Balaban J connectivity index is 2.23. The summed E-state index contributed by atoms with van der Waals surface area (Å²) < 4.78 is 2.29. The molecule has 1 rings (SSSR count). The van der Waals surface area contributed by atoms with E-state index >= 15 is 0 Å². The lowest BCUT2D eigenvalue weighted by molar-refractivity contribution is 0.511. The van der Waals surface area contributed by atoms with E-state index in [-0.39, 0.29) is 6.04 Å². The molecule has 0 aromatic carbocycles. The van der Waals surface area contributed by atoms with Gasteiger partial charge < -0.3 is 10.3 Å². The van der Waals surface area contributed by atoms with Crippen molar-refractivity contribution < 1.29 is 0 Å². The average Bonchev–Trinajstić information content (AvgIpc) is 2.81. The third-order valence-corrected chi connectivity index (χ3v) is 3.65. The molecule has 0 aliphatic rings. The van der Waals surface area contributed by atoms with Gasteiger partial charge in [-0.3, -0.25) is 0 Å².